The molecule has 2 aliphatic carbocycles. The summed E-state index contributed by atoms with van der Waals surface area (Å²) in [6.45, 7) is 7.94. The lowest BCUT2D eigenvalue weighted by molar-refractivity contribution is -0.163. The first-order chi connectivity index (χ1) is 9.97. The van der Waals surface area contributed by atoms with Crippen molar-refractivity contribution >= 4 is 5.97 Å². The van der Waals surface area contributed by atoms with Gasteiger partial charge in [-0.25, -0.2) is 8.78 Å². The van der Waals surface area contributed by atoms with Crippen molar-refractivity contribution in [2.45, 2.75) is 84.7 Å². The second-order valence-corrected chi connectivity index (χ2v) is 6.41. The summed E-state index contributed by atoms with van der Waals surface area (Å²) in [5, 5.41) is 0. The molecule has 4 heteroatoms. The highest BCUT2D eigenvalue weighted by Gasteiger charge is 2.41. The van der Waals surface area contributed by atoms with Crippen LogP contribution in [0.15, 0.2) is 0 Å². The Kier molecular flexibility index (Phi) is 7.61. The van der Waals surface area contributed by atoms with Crippen LogP contribution in [0.3, 0.4) is 0 Å². The van der Waals surface area contributed by atoms with Gasteiger partial charge in [-0.05, 0) is 50.4 Å². The van der Waals surface area contributed by atoms with Crippen molar-refractivity contribution in [3.8, 4) is 0 Å². The van der Waals surface area contributed by atoms with Crippen molar-refractivity contribution in [1.82, 2.24) is 0 Å². The second kappa shape index (κ2) is 8.70. The molecule has 0 N–H and O–H groups in total. The van der Waals surface area contributed by atoms with E-state index in [0.29, 0.717) is 38.0 Å². The van der Waals surface area contributed by atoms with Gasteiger partial charge in [-0.3, -0.25) is 4.79 Å². The van der Waals surface area contributed by atoms with E-state index in [2.05, 4.69) is 0 Å². The van der Waals surface area contributed by atoms with E-state index in [1.807, 2.05) is 27.7 Å². The highest BCUT2D eigenvalue weighted by atomic mass is 19.1. The third-order valence-electron chi connectivity index (χ3n) is 4.56. The van der Waals surface area contributed by atoms with Crippen molar-refractivity contribution in [3.63, 3.8) is 0 Å². The summed E-state index contributed by atoms with van der Waals surface area (Å²) in [7, 11) is 0. The number of esters is 1. The average Bonchev–Trinajstić information content (AvgIpc) is 2.42. The second-order valence-electron chi connectivity index (χ2n) is 6.41. The average molecular weight is 304 g/mol. The number of halogens is 2. The van der Waals surface area contributed by atoms with Crippen LogP contribution >= 0.6 is 0 Å². The van der Waals surface area contributed by atoms with Gasteiger partial charge >= 0.3 is 5.97 Å². The van der Waals surface area contributed by atoms with Crippen molar-refractivity contribution in [3.05, 3.63) is 0 Å². The van der Waals surface area contributed by atoms with Crippen LogP contribution in [0.2, 0.25) is 0 Å². The summed E-state index contributed by atoms with van der Waals surface area (Å²) < 4.78 is 32.5. The minimum atomic E-state index is -1.09. The van der Waals surface area contributed by atoms with Gasteiger partial charge in [0.25, 0.3) is 0 Å². The maximum atomic E-state index is 14.1. The molecule has 2 aliphatic rings. The number of hydrogen-bond donors (Lipinski definition) is 0. The summed E-state index contributed by atoms with van der Waals surface area (Å²) in [5.74, 6) is -0.673. The fourth-order valence-electron chi connectivity index (χ4n) is 3.53. The third kappa shape index (κ3) is 5.23. The Balaban J connectivity index is 0.00000106. The van der Waals surface area contributed by atoms with Crippen LogP contribution in [-0.4, -0.2) is 24.4 Å². The van der Waals surface area contributed by atoms with E-state index in [0.717, 1.165) is 6.42 Å². The molecule has 4 unspecified atom stereocenters. The van der Waals surface area contributed by atoms with E-state index in [-0.39, 0.29) is 12.0 Å². The SMILES string of the molecule is CC.CC1CC(C)C(C(=O)OC2CCC(F)CC2)C(F)C1. The van der Waals surface area contributed by atoms with Crippen LogP contribution in [0.1, 0.15) is 66.2 Å². The van der Waals surface area contributed by atoms with Crippen LogP contribution in [0, 0.1) is 17.8 Å². The number of alkyl halides is 2. The van der Waals surface area contributed by atoms with Gasteiger partial charge in [0.2, 0.25) is 0 Å². The maximum absolute atomic E-state index is 14.1. The molecule has 0 aromatic heterocycles. The molecule has 2 nitrogen and oxygen atoms in total. The lowest BCUT2D eigenvalue weighted by Gasteiger charge is -2.35. The van der Waals surface area contributed by atoms with Crippen LogP contribution in [0.5, 0.6) is 0 Å². The monoisotopic (exact) mass is 304 g/mol. The van der Waals surface area contributed by atoms with Gasteiger partial charge in [-0.1, -0.05) is 27.7 Å². The molecule has 0 heterocycles. The van der Waals surface area contributed by atoms with E-state index >= 15 is 0 Å². The zero-order valence-electron chi connectivity index (χ0n) is 13.8. The molecule has 0 spiro atoms. The van der Waals surface area contributed by atoms with Crippen molar-refractivity contribution < 1.29 is 18.3 Å². The first-order valence-electron chi connectivity index (χ1n) is 8.46. The van der Waals surface area contributed by atoms with E-state index < -0.39 is 24.2 Å². The van der Waals surface area contributed by atoms with E-state index in [1.54, 1.807) is 0 Å². The van der Waals surface area contributed by atoms with Gasteiger partial charge in [-0.2, -0.15) is 0 Å². The van der Waals surface area contributed by atoms with Crippen molar-refractivity contribution in [2.24, 2.45) is 17.8 Å². The topological polar surface area (TPSA) is 26.3 Å². The van der Waals surface area contributed by atoms with Gasteiger partial charge in [0.05, 0.1) is 5.92 Å². The molecule has 21 heavy (non-hydrogen) atoms. The molecule has 2 saturated carbocycles. The minimum Gasteiger partial charge on any atom is -0.462 e. The first-order valence-corrected chi connectivity index (χ1v) is 8.46. The molecule has 0 aliphatic heterocycles. The zero-order chi connectivity index (χ0) is 16.0. The van der Waals surface area contributed by atoms with Gasteiger partial charge in [0.1, 0.15) is 18.4 Å². The Bertz CT molecular complexity index is 302. The summed E-state index contributed by atoms with van der Waals surface area (Å²) in [4.78, 5) is 12.1. The summed E-state index contributed by atoms with van der Waals surface area (Å²) in [6.07, 6.45) is 1.30. The smallest absolute Gasteiger partial charge is 0.312 e. The molecule has 0 saturated heterocycles. The van der Waals surface area contributed by atoms with Gasteiger partial charge in [0.15, 0.2) is 0 Å². The number of hydrogen-bond acceptors (Lipinski definition) is 2. The van der Waals surface area contributed by atoms with E-state index in [9.17, 15) is 13.6 Å². The maximum Gasteiger partial charge on any atom is 0.312 e. The molecular formula is C17H30F2O2. The molecule has 4 atom stereocenters. The first kappa shape index (κ1) is 18.4. The molecular weight excluding hydrogens is 274 g/mol. The lowest BCUT2D eigenvalue weighted by atomic mass is 9.74. The molecule has 0 aromatic rings. The Morgan fingerprint density at radius 3 is 2.10 bits per heavy atom. The van der Waals surface area contributed by atoms with Crippen molar-refractivity contribution in [2.75, 3.05) is 0 Å². The standard InChI is InChI=1S/C15H24F2O2.C2H6/c1-9-7-10(2)14(13(17)8-9)15(18)19-12-5-3-11(16)4-6-12;1-2/h9-14H,3-8H2,1-2H3;1-2H3. The Morgan fingerprint density at radius 2 is 1.57 bits per heavy atom. The summed E-state index contributed by atoms with van der Waals surface area (Å²) in [5.41, 5.74) is 0. The molecule has 2 rings (SSSR count). The van der Waals surface area contributed by atoms with Crippen LogP contribution < -0.4 is 0 Å². The zero-order valence-corrected chi connectivity index (χ0v) is 13.8. The lowest BCUT2D eigenvalue weighted by Crippen LogP contribution is -2.40. The number of ether oxygens (including phenoxy) is 1. The van der Waals surface area contributed by atoms with E-state index in [4.69, 9.17) is 4.74 Å². The van der Waals surface area contributed by atoms with Crippen LogP contribution in [-0.2, 0) is 9.53 Å². The van der Waals surface area contributed by atoms with E-state index in [1.165, 1.54) is 0 Å². The van der Waals surface area contributed by atoms with Gasteiger partial charge in [0, 0.05) is 0 Å². The molecule has 0 radical (unpaired) electrons. The fourth-order valence-corrected chi connectivity index (χ4v) is 3.53. The predicted octanol–water partition coefficient (Wildman–Crippen LogP) is 4.86. The number of rotatable bonds is 2. The molecule has 0 bridgehead atoms. The molecule has 2 fully saturated rings. The number of carbonyl (C=O) groups is 1. The highest BCUT2D eigenvalue weighted by Crippen LogP contribution is 2.37. The largest absolute Gasteiger partial charge is 0.462 e. The van der Waals surface area contributed by atoms with Gasteiger partial charge in [-0.15, -0.1) is 0 Å². The third-order valence-corrected chi connectivity index (χ3v) is 4.56. The minimum absolute atomic E-state index is 0.0313. The molecule has 124 valence electrons. The quantitative estimate of drug-likeness (QED) is 0.681. The van der Waals surface area contributed by atoms with Gasteiger partial charge < -0.3 is 4.74 Å². The number of carbonyl (C=O) groups excluding carboxylic acids is 1. The summed E-state index contributed by atoms with van der Waals surface area (Å²) in [6, 6.07) is 0. The summed E-state index contributed by atoms with van der Waals surface area (Å²) >= 11 is 0. The van der Waals surface area contributed by atoms with Crippen LogP contribution in [0.25, 0.3) is 0 Å². The fraction of sp³-hybridized carbons (Fsp3) is 0.941. The Labute approximate surface area is 127 Å². The van der Waals surface area contributed by atoms with Crippen LogP contribution in [0.4, 0.5) is 8.78 Å². The normalized spacial score (nSPS) is 39.9. The Morgan fingerprint density at radius 1 is 1.00 bits per heavy atom. The molecule has 0 amide bonds. The van der Waals surface area contributed by atoms with Crippen molar-refractivity contribution in [1.29, 1.82) is 0 Å². The predicted molar refractivity (Wildman–Crippen MR) is 80.5 cm³/mol. The Hall–Kier alpha value is -0.670. The molecule has 0 aromatic carbocycles. The highest BCUT2D eigenvalue weighted by molar-refractivity contribution is 5.73.